The Morgan fingerprint density at radius 1 is 1.00 bits per heavy atom. The van der Waals surface area contributed by atoms with Gasteiger partial charge in [0.15, 0.2) is 11.3 Å². The number of rotatable bonds is 8. The van der Waals surface area contributed by atoms with Crippen LogP contribution in [-0.4, -0.2) is 20.4 Å². The second-order valence-electron chi connectivity index (χ2n) is 9.19. The van der Waals surface area contributed by atoms with Crippen molar-refractivity contribution in [1.29, 1.82) is 0 Å². The Balaban J connectivity index is 2.07. The fourth-order valence-electron chi connectivity index (χ4n) is 4.02. The van der Waals surface area contributed by atoms with Crippen LogP contribution in [0.4, 0.5) is 0 Å². The van der Waals surface area contributed by atoms with Crippen LogP contribution in [0.15, 0.2) is 62.9 Å². The maximum atomic E-state index is 13.1. The molecule has 6 nitrogen and oxygen atoms in total. The fourth-order valence-corrected chi connectivity index (χ4v) is 4.02. The van der Waals surface area contributed by atoms with Gasteiger partial charge in [-0.2, -0.15) is 0 Å². The maximum absolute atomic E-state index is 13.1. The van der Waals surface area contributed by atoms with Crippen LogP contribution < -0.4 is 5.43 Å². The summed E-state index contributed by atoms with van der Waals surface area (Å²) < 4.78 is 5.83. The van der Waals surface area contributed by atoms with Crippen molar-refractivity contribution in [3.63, 3.8) is 0 Å². The largest absolute Gasteiger partial charge is 0.507 e. The van der Waals surface area contributed by atoms with Crippen LogP contribution in [-0.2, 0) is 6.42 Å². The molecule has 180 valence electrons. The van der Waals surface area contributed by atoms with Crippen LogP contribution in [0.25, 0.3) is 21.9 Å². The molecule has 0 radical (unpaired) electrons. The quantitative estimate of drug-likeness (QED) is 0.170. The highest BCUT2D eigenvalue weighted by Crippen LogP contribution is 2.40. The SMILES string of the molecule is C=C(C)[C@@H](CC=C(C)CCC=C(C)C)Cc1c(O)cc(O)c2c(=O)c3ccc(O)c(O)c3oc12. The molecule has 0 fully saturated rings. The van der Waals surface area contributed by atoms with Crippen LogP contribution in [0.1, 0.15) is 52.5 Å². The van der Waals surface area contributed by atoms with Crippen molar-refractivity contribution in [2.45, 2.75) is 53.4 Å². The van der Waals surface area contributed by atoms with Gasteiger partial charge in [-0.3, -0.25) is 4.79 Å². The molecule has 0 aliphatic rings. The zero-order valence-electron chi connectivity index (χ0n) is 20.1. The summed E-state index contributed by atoms with van der Waals surface area (Å²) in [7, 11) is 0. The lowest BCUT2D eigenvalue weighted by atomic mass is 9.88. The number of fused-ring (bicyclic) bond motifs is 2. The third kappa shape index (κ3) is 5.11. The number of allylic oxidation sites excluding steroid dienone is 5. The molecular weight excluding hydrogens is 432 g/mol. The lowest BCUT2D eigenvalue weighted by Gasteiger charge is -2.18. The molecule has 2 aromatic carbocycles. The third-order valence-corrected chi connectivity index (χ3v) is 6.12. The van der Waals surface area contributed by atoms with E-state index in [0.717, 1.165) is 24.5 Å². The number of hydrogen-bond acceptors (Lipinski definition) is 6. The molecule has 4 N–H and O–H groups in total. The van der Waals surface area contributed by atoms with Gasteiger partial charge < -0.3 is 24.8 Å². The standard InChI is InChI=1S/C28H32O6/c1-15(2)7-6-8-17(5)9-10-18(16(3)4)13-20-22(30)14-23(31)24-25(32)19-11-12-21(29)26(33)28(19)34-27(20)24/h7,9,11-12,14,18,29-31,33H,3,6,8,10,13H2,1-2,4-5H3/t18-/m0/s1. The zero-order chi connectivity index (χ0) is 25.2. The summed E-state index contributed by atoms with van der Waals surface area (Å²) in [4.78, 5) is 13.1. The Kier molecular flexibility index (Phi) is 7.40. The van der Waals surface area contributed by atoms with Crippen LogP contribution in [0.2, 0.25) is 0 Å². The van der Waals surface area contributed by atoms with Crippen LogP contribution in [0.3, 0.4) is 0 Å². The summed E-state index contributed by atoms with van der Waals surface area (Å²) in [6, 6.07) is 3.64. The van der Waals surface area contributed by atoms with Gasteiger partial charge in [0.1, 0.15) is 22.5 Å². The minimum atomic E-state index is -0.573. The average Bonchev–Trinajstić information content (AvgIpc) is 2.75. The highest BCUT2D eigenvalue weighted by atomic mass is 16.4. The summed E-state index contributed by atoms with van der Waals surface area (Å²) in [6.07, 6.45) is 7.28. The second kappa shape index (κ2) is 10.1. The van der Waals surface area contributed by atoms with Gasteiger partial charge in [0.2, 0.25) is 11.2 Å². The van der Waals surface area contributed by atoms with Gasteiger partial charge in [-0.1, -0.05) is 35.5 Å². The molecule has 34 heavy (non-hydrogen) atoms. The van der Waals surface area contributed by atoms with Crippen LogP contribution in [0, 0.1) is 5.92 Å². The zero-order valence-corrected chi connectivity index (χ0v) is 20.1. The molecule has 3 aromatic rings. The Morgan fingerprint density at radius 3 is 2.35 bits per heavy atom. The number of phenolic OH excluding ortho intramolecular Hbond substituents is 4. The molecule has 6 heteroatoms. The molecule has 0 aliphatic heterocycles. The normalized spacial score (nSPS) is 12.8. The van der Waals surface area contributed by atoms with Crippen LogP contribution in [0.5, 0.6) is 23.0 Å². The first-order valence-corrected chi connectivity index (χ1v) is 11.3. The van der Waals surface area contributed by atoms with E-state index in [-0.39, 0.29) is 33.6 Å². The van der Waals surface area contributed by atoms with E-state index in [1.165, 1.54) is 23.3 Å². The minimum Gasteiger partial charge on any atom is -0.507 e. The topological polar surface area (TPSA) is 111 Å². The monoisotopic (exact) mass is 464 g/mol. The molecule has 0 amide bonds. The van der Waals surface area contributed by atoms with Crippen molar-refractivity contribution in [2.24, 2.45) is 5.92 Å². The van der Waals surface area contributed by atoms with Crippen molar-refractivity contribution >= 4 is 21.9 Å². The Hall–Kier alpha value is -3.67. The van der Waals surface area contributed by atoms with E-state index in [0.29, 0.717) is 18.4 Å². The first kappa shape index (κ1) is 25.0. The van der Waals surface area contributed by atoms with E-state index < -0.39 is 22.7 Å². The van der Waals surface area contributed by atoms with Crippen molar-refractivity contribution < 1.29 is 24.8 Å². The van der Waals surface area contributed by atoms with E-state index >= 15 is 0 Å². The van der Waals surface area contributed by atoms with E-state index in [4.69, 9.17) is 4.42 Å². The number of phenols is 4. The van der Waals surface area contributed by atoms with E-state index in [1.54, 1.807) is 0 Å². The van der Waals surface area contributed by atoms with E-state index in [1.807, 2.05) is 6.92 Å². The Morgan fingerprint density at radius 2 is 1.71 bits per heavy atom. The fraction of sp³-hybridized carbons (Fsp3) is 0.321. The third-order valence-electron chi connectivity index (χ3n) is 6.12. The molecule has 0 unspecified atom stereocenters. The van der Waals surface area contributed by atoms with E-state index in [9.17, 15) is 25.2 Å². The van der Waals surface area contributed by atoms with Crippen molar-refractivity contribution in [3.05, 3.63) is 69.4 Å². The first-order valence-electron chi connectivity index (χ1n) is 11.3. The van der Waals surface area contributed by atoms with Gasteiger partial charge in [-0.15, -0.1) is 0 Å². The molecule has 0 saturated heterocycles. The summed E-state index contributed by atoms with van der Waals surface area (Å²) in [5.41, 5.74) is 2.98. The van der Waals surface area contributed by atoms with Crippen molar-refractivity contribution in [3.8, 4) is 23.0 Å². The molecule has 1 aromatic heterocycles. The number of benzene rings is 2. The van der Waals surface area contributed by atoms with Gasteiger partial charge in [0.05, 0.1) is 5.39 Å². The van der Waals surface area contributed by atoms with E-state index in [2.05, 4.69) is 39.5 Å². The number of aromatic hydroxyl groups is 4. The van der Waals surface area contributed by atoms with Gasteiger partial charge >= 0.3 is 0 Å². The molecule has 0 bridgehead atoms. The molecule has 0 spiro atoms. The minimum absolute atomic E-state index is 0.0149. The molecule has 1 atom stereocenters. The summed E-state index contributed by atoms with van der Waals surface area (Å²) in [5.74, 6) is -1.70. The second-order valence-corrected chi connectivity index (χ2v) is 9.19. The van der Waals surface area contributed by atoms with Gasteiger partial charge in [-0.05, 0) is 71.4 Å². The summed E-state index contributed by atoms with van der Waals surface area (Å²) in [6.45, 7) is 12.2. The van der Waals surface area contributed by atoms with Gasteiger partial charge in [0, 0.05) is 11.6 Å². The smallest absolute Gasteiger partial charge is 0.204 e. The molecule has 1 heterocycles. The average molecular weight is 465 g/mol. The Bertz CT molecular complexity index is 1370. The molecule has 0 saturated carbocycles. The predicted octanol–water partition coefficient (Wildman–Crippen LogP) is 6.59. The maximum Gasteiger partial charge on any atom is 0.204 e. The lowest BCUT2D eigenvalue weighted by molar-refractivity contribution is 0.400. The first-order chi connectivity index (χ1) is 16.0. The molecule has 0 aliphatic carbocycles. The lowest BCUT2D eigenvalue weighted by Crippen LogP contribution is -2.09. The van der Waals surface area contributed by atoms with Crippen molar-refractivity contribution in [1.82, 2.24) is 0 Å². The highest BCUT2D eigenvalue weighted by molar-refractivity contribution is 5.98. The summed E-state index contributed by atoms with van der Waals surface area (Å²) in [5, 5.41) is 41.1. The van der Waals surface area contributed by atoms with Crippen molar-refractivity contribution in [2.75, 3.05) is 0 Å². The molecule has 3 rings (SSSR count). The number of hydrogen-bond donors (Lipinski definition) is 4. The Labute approximate surface area is 198 Å². The predicted molar refractivity (Wildman–Crippen MR) is 136 cm³/mol. The highest BCUT2D eigenvalue weighted by Gasteiger charge is 2.23. The van der Waals surface area contributed by atoms with Gasteiger partial charge in [-0.25, -0.2) is 0 Å². The molecular formula is C28H32O6. The van der Waals surface area contributed by atoms with Gasteiger partial charge in [0.25, 0.3) is 0 Å². The van der Waals surface area contributed by atoms with Crippen LogP contribution >= 0.6 is 0 Å². The summed E-state index contributed by atoms with van der Waals surface area (Å²) >= 11 is 0.